The first-order valence-corrected chi connectivity index (χ1v) is 11.5. The van der Waals surface area contributed by atoms with Crippen LogP contribution < -0.4 is 15.0 Å². The molecule has 35 heavy (non-hydrogen) atoms. The molecular weight excluding hydrogens is 456 g/mol. The number of amides is 1. The third-order valence-electron chi connectivity index (χ3n) is 6.69. The summed E-state index contributed by atoms with van der Waals surface area (Å²) in [6.07, 6.45) is 7.02. The lowest BCUT2D eigenvalue weighted by molar-refractivity contribution is -0.131. The summed E-state index contributed by atoms with van der Waals surface area (Å²) in [5.74, 6) is 1.36. The molecule has 9 nitrogen and oxygen atoms in total. The first-order chi connectivity index (χ1) is 16.8. The highest BCUT2D eigenvalue weighted by atomic mass is 19.3. The fraction of sp³-hybridized carbons (Fsp3) is 0.417. The van der Waals surface area contributed by atoms with Crippen LogP contribution in [0, 0.1) is 5.41 Å². The Labute approximate surface area is 201 Å². The number of carbonyl (C=O) groups is 1. The molecule has 1 amide bonds. The molecule has 0 atom stereocenters. The standard InChI is InChI=1S/C24H27F2N7O2/c1-16(34)32-7-4-24(5-8-32)14-33(15-24)22-10-18(9-20(30-22)17-12-28-31(2)13-17)29-21-11-19(3-6-27-21)35-23(25)26/h3,6,9-13,23H,4-5,7-8,14-15H2,1-2H3,(H,27,29,30). The minimum Gasteiger partial charge on any atom is -0.435 e. The average molecular weight is 484 g/mol. The van der Waals surface area contributed by atoms with Gasteiger partial charge < -0.3 is 19.9 Å². The highest BCUT2D eigenvalue weighted by molar-refractivity contribution is 5.73. The van der Waals surface area contributed by atoms with E-state index in [0.29, 0.717) is 5.82 Å². The van der Waals surface area contributed by atoms with Crippen molar-refractivity contribution < 1.29 is 18.3 Å². The second-order valence-corrected chi connectivity index (χ2v) is 9.24. The highest BCUT2D eigenvalue weighted by Crippen LogP contribution is 2.43. The summed E-state index contributed by atoms with van der Waals surface area (Å²) in [5, 5.41) is 7.45. The largest absolute Gasteiger partial charge is 0.435 e. The number of anilines is 3. The van der Waals surface area contributed by atoms with Gasteiger partial charge in [-0.05, 0) is 25.0 Å². The first-order valence-electron chi connectivity index (χ1n) is 11.5. The van der Waals surface area contributed by atoms with Crippen molar-refractivity contribution >= 4 is 23.2 Å². The number of aryl methyl sites for hydroxylation is 1. The van der Waals surface area contributed by atoms with E-state index in [0.717, 1.165) is 61.8 Å². The fourth-order valence-corrected chi connectivity index (χ4v) is 4.79. The number of hydrogen-bond donors (Lipinski definition) is 1. The van der Waals surface area contributed by atoms with E-state index < -0.39 is 6.61 Å². The fourth-order valence-electron chi connectivity index (χ4n) is 4.79. The van der Waals surface area contributed by atoms with Gasteiger partial charge in [-0.25, -0.2) is 9.97 Å². The number of piperidine rings is 1. The van der Waals surface area contributed by atoms with Crippen LogP contribution in [-0.2, 0) is 11.8 Å². The molecule has 2 fully saturated rings. The number of carbonyl (C=O) groups excluding carboxylic acids is 1. The van der Waals surface area contributed by atoms with E-state index in [2.05, 4.69) is 25.0 Å². The molecule has 2 aliphatic heterocycles. The summed E-state index contributed by atoms with van der Waals surface area (Å²) in [7, 11) is 1.84. The van der Waals surface area contributed by atoms with Gasteiger partial charge in [0.2, 0.25) is 5.91 Å². The van der Waals surface area contributed by atoms with Gasteiger partial charge in [0.05, 0.1) is 11.9 Å². The number of hydrogen-bond acceptors (Lipinski definition) is 7. The van der Waals surface area contributed by atoms with Gasteiger partial charge in [0.25, 0.3) is 0 Å². The maximum atomic E-state index is 12.6. The molecule has 2 saturated heterocycles. The second-order valence-electron chi connectivity index (χ2n) is 9.24. The Balaban J connectivity index is 1.38. The predicted octanol–water partition coefficient (Wildman–Crippen LogP) is 3.67. The van der Waals surface area contributed by atoms with Crippen LogP contribution in [0.4, 0.5) is 26.1 Å². The number of nitrogens with one attached hydrogen (secondary N) is 1. The van der Waals surface area contributed by atoms with Crippen LogP contribution in [0.15, 0.2) is 42.9 Å². The average Bonchev–Trinajstić information content (AvgIpc) is 3.23. The van der Waals surface area contributed by atoms with E-state index in [1.54, 1.807) is 17.8 Å². The normalized spacial score (nSPS) is 16.9. The van der Waals surface area contributed by atoms with Crippen molar-refractivity contribution in [1.29, 1.82) is 0 Å². The van der Waals surface area contributed by atoms with Gasteiger partial charge in [-0.15, -0.1) is 0 Å². The van der Waals surface area contributed by atoms with Gasteiger partial charge in [-0.2, -0.15) is 13.9 Å². The lowest BCUT2D eigenvalue weighted by atomic mass is 9.72. The lowest BCUT2D eigenvalue weighted by Crippen LogP contribution is -2.61. The lowest BCUT2D eigenvalue weighted by Gasteiger charge is -2.54. The second kappa shape index (κ2) is 9.12. The topological polar surface area (TPSA) is 88.4 Å². The molecule has 0 aromatic carbocycles. The number of rotatable bonds is 6. The van der Waals surface area contributed by atoms with Gasteiger partial charge in [0.15, 0.2) is 0 Å². The molecule has 5 heterocycles. The zero-order valence-corrected chi connectivity index (χ0v) is 19.6. The smallest absolute Gasteiger partial charge is 0.387 e. The third-order valence-corrected chi connectivity index (χ3v) is 6.69. The predicted molar refractivity (Wildman–Crippen MR) is 127 cm³/mol. The van der Waals surface area contributed by atoms with Crippen molar-refractivity contribution in [2.24, 2.45) is 12.5 Å². The van der Waals surface area contributed by atoms with E-state index >= 15 is 0 Å². The minimum atomic E-state index is -2.91. The van der Waals surface area contributed by atoms with Crippen LogP contribution in [0.25, 0.3) is 11.3 Å². The molecule has 184 valence electrons. The van der Waals surface area contributed by atoms with Crippen molar-refractivity contribution in [2.75, 3.05) is 36.4 Å². The van der Waals surface area contributed by atoms with Crippen LogP contribution in [0.5, 0.6) is 5.75 Å². The summed E-state index contributed by atoms with van der Waals surface area (Å²) in [6, 6.07) is 6.62. The number of halogens is 2. The maximum Gasteiger partial charge on any atom is 0.387 e. The van der Waals surface area contributed by atoms with Crippen molar-refractivity contribution in [1.82, 2.24) is 24.6 Å². The van der Waals surface area contributed by atoms with Gasteiger partial charge >= 0.3 is 6.61 Å². The summed E-state index contributed by atoms with van der Waals surface area (Å²) in [4.78, 5) is 24.9. The first kappa shape index (κ1) is 23.0. The molecule has 3 aromatic heterocycles. The Hall–Kier alpha value is -3.76. The molecule has 0 saturated carbocycles. The summed E-state index contributed by atoms with van der Waals surface area (Å²) >= 11 is 0. The van der Waals surface area contributed by atoms with Crippen molar-refractivity contribution in [3.63, 3.8) is 0 Å². The SMILES string of the molecule is CC(=O)N1CCC2(CC1)CN(c1cc(Nc3cc(OC(F)F)ccn3)cc(-c3cnn(C)c3)n1)C2. The van der Waals surface area contributed by atoms with Crippen LogP contribution in [0.3, 0.4) is 0 Å². The van der Waals surface area contributed by atoms with E-state index in [9.17, 15) is 13.6 Å². The Bertz CT molecular complexity index is 1220. The molecule has 1 spiro atoms. The maximum absolute atomic E-state index is 12.6. The van der Waals surface area contributed by atoms with Gasteiger partial charge in [0.1, 0.15) is 17.4 Å². The summed E-state index contributed by atoms with van der Waals surface area (Å²) in [6.45, 7) is 2.05. The molecule has 11 heteroatoms. The van der Waals surface area contributed by atoms with E-state index in [1.165, 1.54) is 18.3 Å². The summed E-state index contributed by atoms with van der Waals surface area (Å²) in [5.41, 5.74) is 2.53. The van der Waals surface area contributed by atoms with Crippen molar-refractivity contribution in [3.8, 4) is 17.0 Å². The minimum absolute atomic E-state index is 0.0286. The molecule has 0 bridgehead atoms. The number of aromatic nitrogens is 4. The Morgan fingerprint density at radius 2 is 1.97 bits per heavy atom. The van der Waals surface area contributed by atoms with Crippen LogP contribution in [0.2, 0.25) is 0 Å². The molecular formula is C24H27F2N7O2. The van der Waals surface area contributed by atoms with Gasteiger partial charge in [0, 0.05) is 81.3 Å². The molecule has 5 rings (SSSR count). The van der Waals surface area contributed by atoms with Crippen LogP contribution in [0.1, 0.15) is 19.8 Å². The quantitative estimate of drug-likeness (QED) is 0.572. The number of ether oxygens (including phenoxy) is 1. The van der Waals surface area contributed by atoms with Crippen molar-refractivity contribution in [2.45, 2.75) is 26.4 Å². The van der Waals surface area contributed by atoms with E-state index in [4.69, 9.17) is 4.98 Å². The molecule has 3 aromatic rings. The Morgan fingerprint density at radius 3 is 2.63 bits per heavy atom. The van der Waals surface area contributed by atoms with E-state index in [-0.39, 0.29) is 17.1 Å². The zero-order valence-electron chi connectivity index (χ0n) is 19.6. The monoisotopic (exact) mass is 483 g/mol. The Morgan fingerprint density at radius 1 is 1.20 bits per heavy atom. The molecule has 1 N–H and O–H groups in total. The molecule has 0 radical (unpaired) electrons. The van der Waals surface area contributed by atoms with Crippen LogP contribution in [-0.4, -0.2) is 63.3 Å². The molecule has 0 aliphatic carbocycles. The van der Waals surface area contributed by atoms with E-state index in [1.807, 2.05) is 30.3 Å². The molecule has 2 aliphatic rings. The Kier molecular flexibility index (Phi) is 6.00. The molecule has 0 unspecified atom stereocenters. The zero-order chi connectivity index (χ0) is 24.6. The summed E-state index contributed by atoms with van der Waals surface area (Å²) < 4.78 is 31.4. The number of likely N-dealkylation sites (tertiary alicyclic amines) is 1. The highest BCUT2D eigenvalue weighted by Gasteiger charge is 2.45. The van der Waals surface area contributed by atoms with Crippen molar-refractivity contribution in [3.05, 3.63) is 42.9 Å². The number of alkyl halides is 2. The van der Waals surface area contributed by atoms with Gasteiger partial charge in [-0.3, -0.25) is 9.48 Å². The van der Waals surface area contributed by atoms with Crippen LogP contribution >= 0.6 is 0 Å². The third kappa shape index (κ3) is 5.03. The van der Waals surface area contributed by atoms with Gasteiger partial charge in [-0.1, -0.05) is 0 Å². The number of pyridine rings is 2. The number of nitrogens with zero attached hydrogens (tertiary/aromatic N) is 6.